The summed E-state index contributed by atoms with van der Waals surface area (Å²) in [5, 5.41) is 8.81. The highest BCUT2D eigenvalue weighted by Crippen LogP contribution is 2.22. The number of aliphatic carboxylic acids is 1. The summed E-state index contributed by atoms with van der Waals surface area (Å²) in [4.78, 5) is 64.8. The van der Waals surface area contributed by atoms with E-state index >= 15 is 0 Å². The molecule has 56 heavy (non-hydrogen) atoms. The standard InChI is InChI=1S/C23H23N3O3.C21H19N3O3/c1-3-29-21(28)13-17-8-6-16(7-9-17)12-20(27)22-23(24)25-14-19(26-22)18-10-4-15(2)5-11-18;1-13-2-8-16(9-3-13)17-12-23-21(22)20(24-17)18(25)10-14-4-6-15(7-5-14)11-19(26)27/h4-11,14H,3,12-13H2,1-2H3,(H2,24,25);2-9,12H,10-11H2,1H3,(H2,22,23)(H,26,27). The van der Waals surface area contributed by atoms with E-state index in [-0.39, 0.29) is 66.2 Å². The molecule has 0 saturated heterocycles. The number of carbonyl (C=O) groups is 4. The summed E-state index contributed by atoms with van der Waals surface area (Å²) < 4.78 is 4.94. The number of carbonyl (C=O) groups excluding carboxylic acids is 3. The summed E-state index contributed by atoms with van der Waals surface area (Å²) in [6.45, 7) is 6.13. The molecule has 0 spiro atoms. The fraction of sp³-hybridized carbons (Fsp3) is 0.182. The monoisotopic (exact) mass is 750 g/mol. The molecule has 5 N–H and O–H groups in total. The third-order valence-electron chi connectivity index (χ3n) is 8.61. The number of benzene rings is 4. The Balaban J connectivity index is 0.000000215. The number of carboxylic acid groups (broad SMARTS) is 1. The van der Waals surface area contributed by atoms with E-state index in [1.165, 1.54) is 0 Å². The van der Waals surface area contributed by atoms with Crippen molar-refractivity contribution in [1.82, 2.24) is 19.9 Å². The van der Waals surface area contributed by atoms with Crippen LogP contribution in [-0.2, 0) is 40.0 Å². The molecule has 0 unspecified atom stereocenters. The first-order valence-corrected chi connectivity index (χ1v) is 17.9. The maximum atomic E-state index is 12.8. The van der Waals surface area contributed by atoms with E-state index < -0.39 is 5.97 Å². The van der Waals surface area contributed by atoms with E-state index in [4.69, 9.17) is 21.3 Å². The topological polar surface area (TPSA) is 201 Å². The van der Waals surface area contributed by atoms with Gasteiger partial charge in [0.2, 0.25) is 0 Å². The molecule has 0 aliphatic heterocycles. The van der Waals surface area contributed by atoms with E-state index in [2.05, 4.69) is 19.9 Å². The molecule has 6 rings (SSSR count). The minimum atomic E-state index is -0.894. The van der Waals surface area contributed by atoms with E-state index in [1.54, 1.807) is 43.6 Å². The molecular weight excluding hydrogens is 709 g/mol. The van der Waals surface area contributed by atoms with Gasteiger partial charge in [-0.25, -0.2) is 19.9 Å². The van der Waals surface area contributed by atoms with E-state index in [9.17, 15) is 19.2 Å². The van der Waals surface area contributed by atoms with Crippen molar-refractivity contribution in [3.05, 3.63) is 154 Å². The van der Waals surface area contributed by atoms with Crippen molar-refractivity contribution in [2.75, 3.05) is 18.1 Å². The largest absolute Gasteiger partial charge is 0.481 e. The van der Waals surface area contributed by atoms with Crippen molar-refractivity contribution in [2.24, 2.45) is 0 Å². The summed E-state index contributed by atoms with van der Waals surface area (Å²) in [7, 11) is 0. The molecule has 12 nitrogen and oxygen atoms in total. The Hall–Kier alpha value is -7.08. The Morgan fingerprint density at radius 1 is 0.554 bits per heavy atom. The second kappa shape index (κ2) is 18.8. The summed E-state index contributed by atoms with van der Waals surface area (Å²) in [6.07, 6.45) is 3.54. The Kier molecular flexibility index (Phi) is 13.5. The van der Waals surface area contributed by atoms with Crippen LogP contribution in [0.3, 0.4) is 0 Å². The van der Waals surface area contributed by atoms with Crippen LogP contribution in [0.5, 0.6) is 0 Å². The van der Waals surface area contributed by atoms with Gasteiger partial charge in [-0.15, -0.1) is 0 Å². The molecule has 0 aliphatic rings. The predicted molar refractivity (Wildman–Crippen MR) is 214 cm³/mol. The normalized spacial score (nSPS) is 10.6. The molecular formula is C44H42N6O6. The number of ether oxygens (including phenoxy) is 1. The average Bonchev–Trinajstić information content (AvgIpc) is 3.17. The quantitative estimate of drug-likeness (QED) is 0.0839. The molecule has 6 aromatic rings. The molecule has 4 aromatic carbocycles. The summed E-state index contributed by atoms with van der Waals surface area (Å²) in [5.41, 5.74) is 20.4. The van der Waals surface area contributed by atoms with Gasteiger partial charge in [0.15, 0.2) is 23.2 Å². The highest BCUT2D eigenvalue weighted by molar-refractivity contribution is 6.00. The number of anilines is 2. The molecule has 0 amide bonds. The molecule has 2 heterocycles. The second-order valence-electron chi connectivity index (χ2n) is 13.1. The highest BCUT2D eigenvalue weighted by atomic mass is 16.5. The van der Waals surface area contributed by atoms with Crippen LogP contribution in [-0.4, -0.2) is 55.2 Å². The van der Waals surface area contributed by atoms with Crippen LogP contribution >= 0.6 is 0 Å². The number of ketones is 2. The van der Waals surface area contributed by atoms with Gasteiger partial charge in [0.1, 0.15) is 11.4 Å². The van der Waals surface area contributed by atoms with Gasteiger partial charge in [0.25, 0.3) is 0 Å². The fourth-order valence-electron chi connectivity index (χ4n) is 5.58. The summed E-state index contributed by atoms with van der Waals surface area (Å²) >= 11 is 0. The first-order valence-electron chi connectivity index (χ1n) is 17.9. The van der Waals surface area contributed by atoms with Gasteiger partial charge >= 0.3 is 11.9 Å². The van der Waals surface area contributed by atoms with Crippen LogP contribution in [0.25, 0.3) is 22.5 Å². The van der Waals surface area contributed by atoms with Crippen molar-refractivity contribution in [3.63, 3.8) is 0 Å². The maximum Gasteiger partial charge on any atom is 0.310 e. The number of hydrogen-bond acceptors (Lipinski definition) is 11. The predicted octanol–water partition coefficient (Wildman–Crippen LogP) is 6.65. The number of nitrogens with zero attached hydrogens (tertiary/aromatic N) is 4. The number of carboxylic acids is 1. The van der Waals surface area contributed by atoms with Crippen LogP contribution in [0.15, 0.2) is 109 Å². The second-order valence-corrected chi connectivity index (χ2v) is 13.1. The summed E-state index contributed by atoms with van der Waals surface area (Å²) in [5.74, 6) is -1.40. The third kappa shape index (κ3) is 11.2. The van der Waals surface area contributed by atoms with Gasteiger partial charge in [0, 0.05) is 24.0 Å². The minimum Gasteiger partial charge on any atom is -0.481 e. The first kappa shape index (κ1) is 40.1. The van der Waals surface area contributed by atoms with Gasteiger partial charge in [-0.2, -0.15) is 0 Å². The third-order valence-corrected chi connectivity index (χ3v) is 8.61. The molecule has 0 aliphatic carbocycles. The van der Waals surface area contributed by atoms with E-state index in [0.29, 0.717) is 23.6 Å². The minimum absolute atomic E-state index is 0.0504. The zero-order valence-corrected chi connectivity index (χ0v) is 31.4. The van der Waals surface area contributed by atoms with Crippen LogP contribution in [0.1, 0.15) is 61.3 Å². The number of aromatic nitrogens is 4. The number of rotatable bonds is 13. The Labute approximate surface area is 324 Å². The smallest absolute Gasteiger partial charge is 0.310 e. The number of nitrogen functional groups attached to an aromatic ring is 2. The lowest BCUT2D eigenvalue weighted by atomic mass is 10.0. The van der Waals surface area contributed by atoms with Crippen LogP contribution in [0.4, 0.5) is 11.6 Å². The van der Waals surface area contributed by atoms with E-state index in [0.717, 1.165) is 38.9 Å². The molecule has 0 fully saturated rings. The molecule has 0 radical (unpaired) electrons. The van der Waals surface area contributed by atoms with Gasteiger partial charge in [-0.3, -0.25) is 19.2 Å². The molecule has 284 valence electrons. The Morgan fingerprint density at radius 3 is 1.27 bits per heavy atom. The first-order chi connectivity index (χ1) is 26.9. The van der Waals surface area contributed by atoms with Crippen molar-refractivity contribution >= 4 is 35.1 Å². The zero-order chi connectivity index (χ0) is 40.2. The lowest BCUT2D eigenvalue weighted by Crippen LogP contribution is -2.12. The number of hydrogen-bond donors (Lipinski definition) is 3. The average molecular weight is 751 g/mol. The molecule has 12 heteroatoms. The number of aryl methyl sites for hydroxylation is 2. The molecule has 0 atom stereocenters. The summed E-state index contributed by atoms with van der Waals surface area (Å²) in [6, 6.07) is 29.8. The lowest BCUT2D eigenvalue weighted by molar-refractivity contribution is -0.142. The fourth-order valence-corrected chi connectivity index (χ4v) is 5.58. The number of esters is 1. The molecule has 0 saturated carbocycles. The Bertz CT molecular complexity index is 2330. The van der Waals surface area contributed by atoms with Crippen molar-refractivity contribution in [3.8, 4) is 22.5 Å². The van der Waals surface area contributed by atoms with Crippen molar-refractivity contribution < 1.29 is 29.0 Å². The SMILES string of the molecule is CCOC(=O)Cc1ccc(CC(=O)c2nc(-c3ccc(C)cc3)cnc2N)cc1.Cc1ccc(-c2cnc(N)c(C(=O)Cc3ccc(CC(=O)O)cc3)n2)cc1. The van der Waals surface area contributed by atoms with Gasteiger partial charge in [-0.05, 0) is 43.0 Å². The molecule has 2 aromatic heterocycles. The maximum absolute atomic E-state index is 12.8. The van der Waals surface area contributed by atoms with Crippen molar-refractivity contribution in [2.45, 2.75) is 46.5 Å². The van der Waals surface area contributed by atoms with Crippen LogP contribution in [0, 0.1) is 13.8 Å². The molecule has 0 bridgehead atoms. The van der Waals surface area contributed by atoms with Crippen molar-refractivity contribution in [1.29, 1.82) is 0 Å². The number of Topliss-reactive ketones (excluding diaryl/α,β-unsaturated/α-hetero) is 2. The van der Waals surface area contributed by atoms with Crippen LogP contribution < -0.4 is 11.5 Å². The van der Waals surface area contributed by atoms with Gasteiger partial charge in [0.05, 0.1) is 43.2 Å². The lowest BCUT2D eigenvalue weighted by Gasteiger charge is -2.08. The highest BCUT2D eigenvalue weighted by Gasteiger charge is 2.17. The van der Waals surface area contributed by atoms with Crippen LogP contribution in [0.2, 0.25) is 0 Å². The van der Waals surface area contributed by atoms with E-state index in [1.807, 2.05) is 86.6 Å². The number of nitrogens with two attached hydrogens (primary N) is 2. The Morgan fingerprint density at radius 2 is 0.911 bits per heavy atom. The zero-order valence-electron chi connectivity index (χ0n) is 31.4. The van der Waals surface area contributed by atoms with Gasteiger partial charge < -0.3 is 21.3 Å². The van der Waals surface area contributed by atoms with Gasteiger partial charge in [-0.1, -0.05) is 108 Å².